The van der Waals surface area contributed by atoms with Gasteiger partial charge in [-0.3, -0.25) is 9.78 Å². The Balaban J connectivity index is 1.55. The summed E-state index contributed by atoms with van der Waals surface area (Å²) >= 11 is 0. The number of nitrogens with one attached hydrogen (secondary N) is 2. The van der Waals surface area contributed by atoms with Crippen LogP contribution in [0.1, 0.15) is 15.9 Å². The van der Waals surface area contributed by atoms with Gasteiger partial charge in [0, 0.05) is 18.0 Å². The minimum absolute atomic E-state index is 0.168. The molecule has 1 atom stereocenters. The molecule has 5 N–H and O–H groups in total. The zero-order valence-electron chi connectivity index (χ0n) is 17.9. The molecule has 0 saturated carbocycles. The maximum Gasteiger partial charge on any atom is 0.255 e. The third-order valence-electron chi connectivity index (χ3n) is 5.21. The summed E-state index contributed by atoms with van der Waals surface area (Å²) in [6.45, 7) is -0.277. The van der Waals surface area contributed by atoms with Crippen molar-refractivity contribution in [1.29, 1.82) is 4.78 Å². The zero-order chi connectivity index (χ0) is 24.3. The van der Waals surface area contributed by atoms with Crippen LogP contribution in [0.15, 0.2) is 95.0 Å². The molecular formula is C25H21FN4O3S. The lowest BCUT2D eigenvalue weighted by Crippen LogP contribution is -2.13. The van der Waals surface area contributed by atoms with Crippen LogP contribution in [0.5, 0.6) is 0 Å². The number of halogens is 1. The van der Waals surface area contributed by atoms with Gasteiger partial charge in [-0.25, -0.2) is 13.4 Å². The number of carbonyl (C=O) groups is 1. The number of nitrogen functional groups attached to an aromatic ring is 1. The van der Waals surface area contributed by atoms with Crippen molar-refractivity contribution >= 4 is 27.0 Å². The minimum atomic E-state index is -3.37. The molecule has 1 amide bonds. The second kappa shape index (κ2) is 9.42. The molecule has 172 valence electrons. The average Bonchev–Trinajstić information content (AvgIpc) is 2.86. The molecule has 34 heavy (non-hydrogen) atoms. The van der Waals surface area contributed by atoms with E-state index in [4.69, 9.17) is 10.5 Å². The lowest BCUT2D eigenvalue weighted by Gasteiger charge is -2.12. The lowest BCUT2D eigenvalue weighted by molar-refractivity contribution is 0.102. The highest BCUT2D eigenvalue weighted by Crippen LogP contribution is 2.28. The normalized spacial score (nSPS) is 12.6. The summed E-state index contributed by atoms with van der Waals surface area (Å²) < 4.78 is 34.6. The Bertz CT molecular complexity index is 1450. The van der Waals surface area contributed by atoms with E-state index in [1.165, 1.54) is 54.9 Å². The second-order valence-corrected chi connectivity index (χ2v) is 9.59. The fourth-order valence-electron chi connectivity index (χ4n) is 3.32. The number of amides is 1. The maximum atomic E-state index is 13.2. The number of hydrogen-bond acceptors (Lipinski definition) is 6. The Morgan fingerprint density at radius 3 is 2.32 bits per heavy atom. The summed E-state index contributed by atoms with van der Waals surface area (Å²) in [6.07, 6.45) is 2.76. The topological polar surface area (TPSA) is 129 Å². The molecule has 7 nitrogen and oxygen atoms in total. The highest BCUT2D eigenvalue weighted by Gasteiger charge is 2.16. The van der Waals surface area contributed by atoms with Gasteiger partial charge in [0.05, 0.1) is 27.8 Å². The van der Waals surface area contributed by atoms with E-state index in [1.54, 1.807) is 30.3 Å². The number of aromatic nitrogens is 1. The smallest absolute Gasteiger partial charge is 0.255 e. The number of rotatable bonds is 6. The number of nitrogens with zero attached hydrogens (tertiary/aromatic N) is 1. The van der Waals surface area contributed by atoms with E-state index in [-0.39, 0.29) is 27.8 Å². The Labute approximate surface area is 196 Å². The van der Waals surface area contributed by atoms with E-state index in [1.807, 2.05) is 0 Å². The van der Waals surface area contributed by atoms with Crippen molar-refractivity contribution in [2.45, 2.75) is 16.4 Å². The molecule has 0 aliphatic rings. The SMILES string of the molecule is N=S(=O)(c1ccc(C(=O)Nc2cc(-c3ccc(F)cc3)ccc2N)cc1)c1cncc(CO)c1. The molecule has 3 aromatic carbocycles. The molecule has 0 aliphatic carbocycles. The summed E-state index contributed by atoms with van der Waals surface area (Å²) in [6, 6.07) is 18.4. The Kier molecular flexibility index (Phi) is 6.40. The van der Waals surface area contributed by atoms with Gasteiger partial charge in [0.2, 0.25) is 0 Å². The van der Waals surface area contributed by atoms with Crippen LogP contribution in [0.2, 0.25) is 0 Å². The fraction of sp³-hybridized carbons (Fsp3) is 0.0400. The molecule has 1 unspecified atom stereocenters. The third-order valence-corrected chi connectivity index (χ3v) is 7.03. The van der Waals surface area contributed by atoms with Crippen LogP contribution in [0.4, 0.5) is 15.8 Å². The average molecular weight is 477 g/mol. The number of pyridine rings is 1. The molecular weight excluding hydrogens is 455 g/mol. The van der Waals surface area contributed by atoms with Crippen molar-refractivity contribution in [3.05, 3.63) is 102 Å². The summed E-state index contributed by atoms with van der Waals surface area (Å²) in [5.41, 5.74) is 9.05. The first-order chi connectivity index (χ1) is 16.3. The van der Waals surface area contributed by atoms with Gasteiger partial charge >= 0.3 is 0 Å². The molecule has 0 saturated heterocycles. The number of benzene rings is 3. The van der Waals surface area contributed by atoms with E-state index in [0.29, 0.717) is 16.9 Å². The highest BCUT2D eigenvalue weighted by atomic mass is 32.2. The first-order valence-corrected chi connectivity index (χ1v) is 11.7. The Morgan fingerprint density at radius 2 is 1.65 bits per heavy atom. The van der Waals surface area contributed by atoms with Gasteiger partial charge in [0.1, 0.15) is 15.5 Å². The fourth-order valence-corrected chi connectivity index (χ4v) is 4.64. The highest BCUT2D eigenvalue weighted by molar-refractivity contribution is 7.92. The van der Waals surface area contributed by atoms with Crippen molar-refractivity contribution in [2.75, 3.05) is 11.1 Å². The predicted octanol–water partition coefficient (Wildman–Crippen LogP) is 4.68. The van der Waals surface area contributed by atoms with Gasteiger partial charge in [0.15, 0.2) is 0 Å². The molecule has 4 aromatic rings. The maximum absolute atomic E-state index is 13.2. The number of hydrogen-bond donors (Lipinski definition) is 4. The molecule has 0 radical (unpaired) electrons. The molecule has 0 fully saturated rings. The third kappa shape index (κ3) is 4.80. The van der Waals surface area contributed by atoms with Gasteiger partial charge in [-0.15, -0.1) is 0 Å². The van der Waals surface area contributed by atoms with E-state index >= 15 is 0 Å². The quantitative estimate of drug-likeness (QED) is 0.300. The lowest BCUT2D eigenvalue weighted by atomic mass is 10.0. The first kappa shape index (κ1) is 23.1. The number of aliphatic hydroxyl groups is 1. The van der Waals surface area contributed by atoms with Crippen LogP contribution < -0.4 is 11.1 Å². The van der Waals surface area contributed by atoms with Gasteiger partial charge in [-0.2, -0.15) is 0 Å². The molecule has 0 bridgehead atoms. The van der Waals surface area contributed by atoms with Crippen molar-refractivity contribution in [1.82, 2.24) is 4.98 Å². The van der Waals surface area contributed by atoms with Crippen LogP contribution in [-0.4, -0.2) is 20.2 Å². The summed E-state index contributed by atoms with van der Waals surface area (Å²) in [7, 11) is -3.37. The van der Waals surface area contributed by atoms with Gasteiger partial charge in [-0.05, 0) is 71.3 Å². The number of anilines is 2. The van der Waals surface area contributed by atoms with Crippen LogP contribution >= 0.6 is 0 Å². The zero-order valence-corrected chi connectivity index (χ0v) is 18.7. The standard InChI is InChI=1S/C25H21FN4O3S/c26-20-6-1-17(2-7-20)19-5-10-23(27)24(12-19)30-25(32)18-3-8-21(9-4-18)34(28,33)22-11-16(15-31)13-29-14-22/h1-14,28,31H,15,27H2,(H,30,32). The summed E-state index contributed by atoms with van der Waals surface area (Å²) in [5.74, 6) is -0.778. The largest absolute Gasteiger partial charge is 0.397 e. The van der Waals surface area contributed by atoms with Crippen molar-refractivity contribution in [2.24, 2.45) is 0 Å². The summed E-state index contributed by atoms with van der Waals surface area (Å²) in [4.78, 5) is 17.1. The van der Waals surface area contributed by atoms with E-state index in [9.17, 15) is 18.5 Å². The molecule has 0 spiro atoms. The molecule has 9 heteroatoms. The first-order valence-electron chi connectivity index (χ1n) is 10.2. The second-order valence-electron chi connectivity index (χ2n) is 7.53. The van der Waals surface area contributed by atoms with Gasteiger partial charge < -0.3 is 16.2 Å². The van der Waals surface area contributed by atoms with Gasteiger partial charge in [-0.1, -0.05) is 18.2 Å². The van der Waals surface area contributed by atoms with E-state index in [2.05, 4.69) is 10.3 Å². The van der Waals surface area contributed by atoms with Crippen molar-refractivity contribution < 1.29 is 18.5 Å². The number of aliphatic hydroxyl groups excluding tert-OH is 1. The van der Waals surface area contributed by atoms with Crippen molar-refractivity contribution in [3.63, 3.8) is 0 Å². The van der Waals surface area contributed by atoms with Crippen LogP contribution in [0, 0.1) is 10.6 Å². The van der Waals surface area contributed by atoms with Gasteiger partial charge in [0.25, 0.3) is 5.91 Å². The van der Waals surface area contributed by atoms with Crippen LogP contribution in [0.3, 0.4) is 0 Å². The molecule has 1 heterocycles. The van der Waals surface area contributed by atoms with Crippen LogP contribution in [0.25, 0.3) is 11.1 Å². The van der Waals surface area contributed by atoms with Crippen LogP contribution in [-0.2, 0) is 16.3 Å². The Hall–Kier alpha value is -4.08. The molecule has 1 aromatic heterocycles. The minimum Gasteiger partial charge on any atom is -0.397 e. The molecule has 0 aliphatic heterocycles. The van der Waals surface area contributed by atoms with E-state index in [0.717, 1.165) is 11.1 Å². The summed E-state index contributed by atoms with van der Waals surface area (Å²) in [5, 5.41) is 12.0. The predicted molar refractivity (Wildman–Crippen MR) is 128 cm³/mol. The Morgan fingerprint density at radius 1 is 0.971 bits per heavy atom. The number of nitrogens with two attached hydrogens (primary N) is 1. The monoisotopic (exact) mass is 476 g/mol. The molecule has 4 rings (SSSR count). The van der Waals surface area contributed by atoms with E-state index < -0.39 is 15.6 Å². The van der Waals surface area contributed by atoms with Crippen molar-refractivity contribution in [3.8, 4) is 11.1 Å². The number of carbonyl (C=O) groups excluding carboxylic acids is 1.